The standard InChI is InChI=1S/C25H39N3O4S/c1-16-11-10-12-17(2)20(16)21(22(29)26-18-13-8-7-9-14-18)28(6)23(30)19(15-33)27-24(31)32-25(3,4)5/h10-12,18-19,21,33H,7-9,13-15H2,1-6H3,(H,26,29)(H,27,31). The van der Waals surface area contributed by atoms with Crippen molar-refractivity contribution < 1.29 is 19.1 Å². The second-order valence-electron chi connectivity index (χ2n) is 9.88. The topological polar surface area (TPSA) is 87.7 Å². The van der Waals surface area contributed by atoms with Gasteiger partial charge in [0, 0.05) is 18.8 Å². The van der Waals surface area contributed by atoms with Crippen molar-refractivity contribution in [3.8, 4) is 0 Å². The number of hydrogen-bond acceptors (Lipinski definition) is 5. The molecule has 3 amide bonds. The second kappa shape index (κ2) is 11.8. The molecule has 0 aliphatic heterocycles. The lowest BCUT2D eigenvalue weighted by atomic mass is 9.92. The number of thiol groups is 1. The van der Waals surface area contributed by atoms with E-state index in [0.29, 0.717) is 0 Å². The maximum Gasteiger partial charge on any atom is 0.408 e. The number of nitrogens with one attached hydrogen (secondary N) is 2. The first-order chi connectivity index (χ1) is 15.4. The number of carbonyl (C=O) groups is 3. The van der Waals surface area contributed by atoms with Crippen LogP contribution in [0.5, 0.6) is 0 Å². The molecule has 2 N–H and O–H groups in total. The molecular formula is C25H39N3O4S. The Labute approximate surface area is 203 Å². The molecule has 0 bridgehead atoms. The average Bonchev–Trinajstić information content (AvgIpc) is 2.73. The molecular weight excluding hydrogens is 438 g/mol. The highest BCUT2D eigenvalue weighted by molar-refractivity contribution is 7.80. The molecule has 2 rings (SSSR count). The largest absolute Gasteiger partial charge is 0.444 e. The Bertz CT molecular complexity index is 826. The second-order valence-corrected chi connectivity index (χ2v) is 10.2. The number of amides is 3. The lowest BCUT2D eigenvalue weighted by molar-refractivity contribution is -0.140. The summed E-state index contributed by atoms with van der Waals surface area (Å²) in [6.45, 7) is 9.14. The van der Waals surface area contributed by atoms with E-state index in [1.165, 1.54) is 11.3 Å². The molecule has 0 radical (unpaired) electrons. The van der Waals surface area contributed by atoms with Crippen LogP contribution in [-0.4, -0.2) is 53.3 Å². The molecule has 0 aromatic heterocycles. The van der Waals surface area contributed by atoms with Crippen LogP contribution in [0.2, 0.25) is 0 Å². The van der Waals surface area contributed by atoms with Crippen LogP contribution < -0.4 is 10.6 Å². The maximum absolute atomic E-state index is 13.5. The van der Waals surface area contributed by atoms with Crippen molar-refractivity contribution in [1.82, 2.24) is 15.5 Å². The highest BCUT2D eigenvalue weighted by atomic mass is 32.1. The SMILES string of the molecule is Cc1cccc(C)c1C(C(=O)NC1CCCCC1)N(C)C(=O)C(CS)NC(=O)OC(C)(C)C. The fourth-order valence-electron chi connectivity index (χ4n) is 4.29. The Hall–Kier alpha value is -2.22. The summed E-state index contributed by atoms with van der Waals surface area (Å²) in [5.41, 5.74) is 1.97. The predicted octanol–water partition coefficient (Wildman–Crippen LogP) is 4.07. The van der Waals surface area contributed by atoms with Gasteiger partial charge in [-0.05, 0) is 64.2 Å². The van der Waals surface area contributed by atoms with Crippen molar-refractivity contribution in [3.05, 3.63) is 34.9 Å². The molecule has 0 saturated heterocycles. The summed E-state index contributed by atoms with van der Waals surface area (Å²) in [5, 5.41) is 5.77. The van der Waals surface area contributed by atoms with Crippen LogP contribution in [-0.2, 0) is 14.3 Å². The van der Waals surface area contributed by atoms with E-state index >= 15 is 0 Å². The number of rotatable bonds is 7. The minimum atomic E-state index is -0.928. The number of benzene rings is 1. The van der Waals surface area contributed by atoms with Gasteiger partial charge in [-0.2, -0.15) is 12.6 Å². The number of nitrogens with zero attached hydrogens (tertiary/aromatic N) is 1. The minimum absolute atomic E-state index is 0.0755. The van der Waals surface area contributed by atoms with Crippen LogP contribution in [0.1, 0.15) is 75.6 Å². The van der Waals surface area contributed by atoms with Gasteiger partial charge in [0.2, 0.25) is 11.8 Å². The summed E-state index contributed by atoms with van der Waals surface area (Å²) < 4.78 is 5.30. The van der Waals surface area contributed by atoms with E-state index < -0.39 is 29.7 Å². The van der Waals surface area contributed by atoms with Gasteiger partial charge in [-0.3, -0.25) is 9.59 Å². The Kier molecular flexibility index (Phi) is 9.64. The summed E-state index contributed by atoms with van der Waals surface area (Å²) >= 11 is 4.27. The predicted molar refractivity (Wildman–Crippen MR) is 133 cm³/mol. The van der Waals surface area contributed by atoms with Crippen LogP contribution in [0.15, 0.2) is 18.2 Å². The van der Waals surface area contributed by atoms with Crippen LogP contribution >= 0.6 is 12.6 Å². The summed E-state index contributed by atoms with van der Waals surface area (Å²) in [6, 6.07) is 4.19. The van der Waals surface area contributed by atoms with Gasteiger partial charge in [0.05, 0.1) is 0 Å². The summed E-state index contributed by atoms with van der Waals surface area (Å²) in [6.07, 6.45) is 4.57. The van der Waals surface area contributed by atoms with Crippen molar-refractivity contribution >= 4 is 30.5 Å². The molecule has 1 saturated carbocycles. The third-order valence-electron chi connectivity index (χ3n) is 5.92. The molecule has 1 fully saturated rings. The van der Waals surface area contributed by atoms with Gasteiger partial charge >= 0.3 is 6.09 Å². The molecule has 33 heavy (non-hydrogen) atoms. The van der Waals surface area contributed by atoms with Gasteiger partial charge in [-0.1, -0.05) is 37.5 Å². The molecule has 8 heteroatoms. The van der Waals surface area contributed by atoms with Gasteiger partial charge in [0.15, 0.2) is 0 Å². The zero-order valence-electron chi connectivity index (χ0n) is 20.7. The Morgan fingerprint density at radius 3 is 2.21 bits per heavy atom. The lowest BCUT2D eigenvalue weighted by Gasteiger charge is -2.34. The number of ether oxygens (including phenoxy) is 1. The van der Waals surface area contributed by atoms with Crippen LogP contribution in [0, 0.1) is 13.8 Å². The lowest BCUT2D eigenvalue weighted by Crippen LogP contribution is -2.53. The zero-order chi connectivity index (χ0) is 24.8. The molecule has 1 aliphatic carbocycles. The quantitative estimate of drug-likeness (QED) is 0.517. The van der Waals surface area contributed by atoms with E-state index in [4.69, 9.17) is 4.74 Å². The molecule has 0 spiro atoms. The van der Waals surface area contributed by atoms with Gasteiger partial charge in [-0.25, -0.2) is 4.79 Å². The Morgan fingerprint density at radius 2 is 1.70 bits per heavy atom. The van der Waals surface area contributed by atoms with E-state index in [-0.39, 0.29) is 17.7 Å². The van der Waals surface area contributed by atoms with Gasteiger partial charge < -0.3 is 20.3 Å². The van der Waals surface area contributed by atoms with E-state index in [1.54, 1.807) is 27.8 Å². The Morgan fingerprint density at radius 1 is 1.12 bits per heavy atom. The van der Waals surface area contributed by atoms with E-state index in [2.05, 4.69) is 23.3 Å². The van der Waals surface area contributed by atoms with E-state index in [1.807, 2.05) is 32.0 Å². The summed E-state index contributed by atoms with van der Waals surface area (Å²) in [4.78, 5) is 40.7. The first-order valence-electron chi connectivity index (χ1n) is 11.7. The fraction of sp³-hybridized carbons (Fsp3) is 0.640. The first-order valence-corrected chi connectivity index (χ1v) is 12.3. The van der Waals surface area contributed by atoms with Crippen molar-refractivity contribution in [2.75, 3.05) is 12.8 Å². The van der Waals surface area contributed by atoms with Gasteiger partial charge in [0.25, 0.3) is 0 Å². The normalized spacial score (nSPS) is 16.5. The number of alkyl carbamates (subject to hydrolysis) is 1. The van der Waals surface area contributed by atoms with Gasteiger partial charge in [-0.15, -0.1) is 0 Å². The molecule has 1 aliphatic rings. The van der Waals surface area contributed by atoms with Crippen molar-refractivity contribution in [3.63, 3.8) is 0 Å². The molecule has 2 atom stereocenters. The molecule has 1 aromatic carbocycles. The highest BCUT2D eigenvalue weighted by Gasteiger charge is 2.35. The molecule has 1 aromatic rings. The third-order valence-corrected chi connectivity index (χ3v) is 6.29. The Balaban J connectivity index is 2.31. The molecule has 2 unspecified atom stereocenters. The van der Waals surface area contributed by atoms with E-state index in [0.717, 1.165) is 42.4 Å². The highest BCUT2D eigenvalue weighted by Crippen LogP contribution is 2.28. The molecule has 7 nitrogen and oxygen atoms in total. The van der Waals surface area contributed by atoms with Crippen LogP contribution in [0.4, 0.5) is 4.79 Å². The number of hydrogen-bond donors (Lipinski definition) is 3. The van der Waals surface area contributed by atoms with Crippen molar-refractivity contribution in [2.24, 2.45) is 0 Å². The average molecular weight is 478 g/mol. The smallest absolute Gasteiger partial charge is 0.408 e. The minimum Gasteiger partial charge on any atom is -0.444 e. The molecule has 0 heterocycles. The number of likely N-dealkylation sites (N-methyl/N-ethyl adjacent to an activating group) is 1. The van der Waals surface area contributed by atoms with E-state index in [9.17, 15) is 14.4 Å². The first kappa shape index (κ1) is 27.0. The molecule has 184 valence electrons. The maximum atomic E-state index is 13.5. The van der Waals surface area contributed by atoms with Gasteiger partial charge in [0.1, 0.15) is 17.7 Å². The monoisotopic (exact) mass is 477 g/mol. The third kappa shape index (κ3) is 7.66. The fourth-order valence-corrected chi connectivity index (χ4v) is 4.54. The van der Waals surface area contributed by atoms with Crippen LogP contribution in [0.25, 0.3) is 0 Å². The zero-order valence-corrected chi connectivity index (χ0v) is 21.6. The number of aryl methyl sites for hydroxylation is 2. The van der Waals surface area contributed by atoms with Crippen molar-refractivity contribution in [1.29, 1.82) is 0 Å². The summed E-state index contributed by atoms with van der Waals surface area (Å²) in [5.74, 6) is -0.529. The van der Waals surface area contributed by atoms with Crippen molar-refractivity contribution in [2.45, 2.75) is 90.4 Å². The van der Waals surface area contributed by atoms with Crippen LogP contribution in [0.3, 0.4) is 0 Å². The summed E-state index contributed by atoms with van der Waals surface area (Å²) in [7, 11) is 1.60. The number of carbonyl (C=O) groups excluding carboxylic acids is 3.